The number of ether oxygens (including phenoxy) is 3. The van der Waals surface area contributed by atoms with Crippen LogP contribution in [-0.4, -0.2) is 45.4 Å². The first kappa shape index (κ1) is 24.8. The van der Waals surface area contributed by atoms with Crippen molar-refractivity contribution in [2.45, 2.75) is 26.3 Å². The second-order valence-corrected chi connectivity index (χ2v) is 6.08. The zero-order valence-electron chi connectivity index (χ0n) is 17.5. The van der Waals surface area contributed by atoms with Crippen molar-refractivity contribution in [1.29, 1.82) is 0 Å². The minimum absolute atomic E-state index is 0. The molecule has 7 nitrogen and oxygen atoms in total. The van der Waals surface area contributed by atoms with E-state index in [4.69, 9.17) is 14.2 Å². The van der Waals surface area contributed by atoms with Gasteiger partial charge in [-0.25, -0.2) is 4.98 Å². The topological polar surface area (TPSA) is 77.0 Å². The fraction of sp³-hybridized carbons (Fsp3) is 0.429. The number of aliphatic imine (C=N–C) groups is 1. The minimum Gasteiger partial charge on any atom is -0.493 e. The lowest BCUT2D eigenvalue weighted by Gasteiger charge is -2.13. The summed E-state index contributed by atoms with van der Waals surface area (Å²) in [7, 11) is 5.03. The molecule has 0 spiro atoms. The van der Waals surface area contributed by atoms with Crippen LogP contribution in [0.25, 0.3) is 0 Å². The molecule has 8 heteroatoms. The maximum atomic E-state index is 5.64. The van der Waals surface area contributed by atoms with E-state index in [0.717, 1.165) is 42.4 Å². The summed E-state index contributed by atoms with van der Waals surface area (Å²) in [4.78, 5) is 8.37. The van der Waals surface area contributed by atoms with E-state index in [9.17, 15) is 0 Å². The Hall–Kier alpha value is -2.23. The lowest BCUT2D eigenvalue weighted by molar-refractivity contribution is 0.310. The minimum atomic E-state index is 0. The first-order valence-corrected chi connectivity index (χ1v) is 9.43. The van der Waals surface area contributed by atoms with Gasteiger partial charge in [-0.3, -0.25) is 4.99 Å². The summed E-state index contributed by atoms with van der Waals surface area (Å²) < 4.78 is 16.1. The van der Waals surface area contributed by atoms with Crippen LogP contribution in [0.3, 0.4) is 0 Å². The summed E-state index contributed by atoms with van der Waals surface area (Å²) in [5.74, 6) is 2.93. The Morgan fingerprint density at radius 3 is 2.55 bits per heavy atom. The van der Waals surface area contributed by atoms with E-state index >= 15 is 0 Å². The maximum absolute atomic E-state index is 5.64. The smallest absolute Gasteiger partial charge is 0.213 e. The standard InChI is InChI=1S/C21H30N4O3.HI/c1-5-28-19-13-16(8-9-18(19)26-3)7-6-11-24-21(22-2)25-15-17-10-12-23-20(14-17)27-4;/h8-10,12-14H,5-7,11,15H2,1-4H3,(H2,22,24,25);1H. The van der Waals surface area contributed by atoms with Crippen LogP contribution in [0.15, 0.2) is 41.5 Å². The zero-order chi connectivity index (χ0) is 20.2. The number of guanidine groups is 1. The molecule has 160 valence electrons. The summed E-state index contributed by atoms with van der Waals surface area (Å²) in [6.45, 7) is 4.05. The number of hydrogen-bond acceptors (Lipinski definition) is 5. The summed E-state index contributed by atoms with van der Waals surface area (Å²) in [5.41, 5.74) is 2.30. The molecule has 2 N–H and O–H groups in total. The lowest BCUT2D eigenvalue weighted by Crippen LogP contribution is -2.37. The van der Waals surface area contributed by atoms with E-state index < -0.39 is 0 Å². The van der Waals surface area contributed by atoms with Crippen molar-refractivity contribution in [2.24, 2.45) is 4.99 Å². The fourth-order valence-corrected chi connectivity index (χ4v) is 2.72. The second-order valence-electron chi connectivity index (χ2n) is 6.08. The molecule has 0 aliphatic carbocycles. The Bertz CT molecular complexity index is 771. The Labute approximate surface area is 190 Å². The summed E-state index contributed by atoms with van der Waals surface area (Å²) in [6.07, 6.45) is 3.65. The highest BCUT2D eigenvalue weighted by Gasteiger charge is 2.06. The fourth-order valence-electron chi connectivity index (χ4n) is 2.72. The van der Waals surface area contributed by atoms with E-state index in [2.05, 4.69) is 26.7 Å². The van der Waals surface area contributed by atoms with Gasteiger partial charge < -0.3 is 24.8 Å². The lowest BCUT2D eigenvalue weighted by atomic mass is 10.1. The first-order chi connectivity index (χ1) is 13.7. The Balaban J connectivity index is 0.00000420. The Morgan fingerprint density at radius 2 is 1.86 bits per heavy atom. The van der Waals surface area contributed by atoms with Gasteiger partial charge in [-0.05, 0) is 49.1 Å². The highest BCUT2D eigenvalue weighted by atomic mass is 127. The predicted octanol–water partition coefficient (Wildman–Crippen LogP) is 3.41. The Kier molecular flexibility index (Phi) is 11.9. The summed E-state index contributed by atoms with van der Waals surface area (Å²) in [6, 6.07) is 9.93. The number of halogens is 1. The van der Waals surface area contributed by atoms with Crippen molar-refractivity contribution in [3.63, 3.8) is 0 Å². The molecule has 0 fully saturated rings. The molecule has 1 aromatic carbocycles. The van der Waals surface area contributed by atoms with Gasteiger partial charge in [-0.2, -0.15) is 0 Å². The van der Waals surface area contributed by atoms with Gasteiger partial charge in [-0.1, -0.05) is 6.07 Å². The van der Waals surface area contributed by atoms with Gasteiger partial charge in [0, 0.05) is 32.4 Å². The normalized spacial score (nSPS) is 10.7. The highest BCUT2D eigenvalue weighted by Crippen LogP contribution is 2.28. The number of methoxy groups -OCH3 is 2. The van der Waals surface area contributed by atoms with Gasteiger partial charge in [0.25, 0.3) is 0 Å². The average molecular weight is 514 g/mol. The summed E-state index contributed by atoms with van der Waals surface area (Å²) >= 11 is 0. The molecule has 0 saturated heterocycles. The quantitative estimate of drug-likeness (QED) is 0.219. The van der Waals surface area contributed by atoms with Crippen molar-refractivity contribution in [2.75, 3.05) is 34.4 Å². The number of benzene rings is 1. The van der Waals surface area contributed by atoms with E-state index in [0.29, 0.717) is 19.0 Å². The molecular formula is C21H31IN4O3. The van der Waals surface area contributed by atoms with Crippen LogP contribution in [0.2, 0.25) is 0 Å². The Morgan fingerprint density at radius 1 is 1.03 bits per heavy atom. The van der Waals surface area contributed by atoms with Crippen molar-refractivity contribution >= 4 is 29.9 Å². The van der Waals surface area contributed by atoms with Crippen LogP contribution in [0.4, 0.5) is 0 Å². The molecule has 0 amide bonds. The molecule has 0 radical (unpaired) electrons. The predicted molar refractivity (Wildman–Crippen MR) is 127 cm³/mol. The van der Waals surface area contributed by atoms with Crippen molar-refractivity contribution < 1.29 is 14.2 Å². The molecule has 2 rings (SSSR count). The van der Waals surface area contributed by atoms with Gasteiger partial charge in [0.15, 0.2) is 17.5 Å². The number of aryl methyl sites for hydroxylation is 1. The van der Waals surface area contributed by atoms with Crippen LogP contribution in [0.1, 0.15) is 24.5 Å². The van der Waals surface area contributed by atoms with Crippen LogP contribution in [-0.2, 0) is 13.0 Å². The van der Waals surface area contributed by atoms with Crippen LogP contribution in [0, 0.1) is 0 Å². The molecule has 0 bridgehead atoms. The largest absolute Gasteiger partial charge is 0.493 e. The molecule has 0 atom stereocenters. The van der Waals surface area contributed by atoms with Crippen LogP contribution >= 0.6 is 24.0 Å². The monoisotopic (exact) mass is 514 g/mol. The van der Waals surface area contributed by atoms with Gasteiger partial charge in [0.05, 0.1) is 20.8 Å². The van der Waals surface area contributed by atoms with Crippen molar-refractivity contribution in [1.82, 2.24) is 15.6 Å². The van der Waals surface area contributed by atoms with Gasteiger partial charge in [0.2, 0.25) is 5.88 Å². The number of nitrogens with zero attached hydrogens (tertiary/aromatic N) is 2. The van der Waals surface area contributed by atoms with Crippen LogP contribution in [0.5, 0.6) is 17.4 Å². The van der Waals surface area contributed by atoms with Gasteiger partial charge >= 0.3 is 0 Å². The third kappa shape index (κ3) is 8.35. The molecule has 0 unspecified atom stereocenters. The molecular weight excluding hydrogens is 483 g/mol. The maximum Gasteiger partial charge on any atom is 0.213 e. The van der Waals surface area contributed by atoms with Crippen LogP contribution < -0.4 is 24.8 Å². The third-order valence-corrected chi connectivity index (χ3v) is 4.15. The van der Waals surface area contributed by atoms with E-state index in [1.807, 2.05) is 31.2 Å². The second kappa shape index (κ2) is 13.9. The molecule has 0 aliphatic rings. The summed E-state index contributed by atoms with van der Waals surface area (Å²) in [5, 5.41) is 6.63. The van der Waals surface area contributed by atoms with E-state index in [1.165, 1.54) is 5.56 Å². The average Bonchev–Trinajstić information content (AvgIpc) is 2.74. The molecule has 0 aliphatic heterocycles. The number of nitrogens with one attached hydrogen (secondary N) is 2. The van der Waals surface area contributed by atoms with Gasteiger partial charge in [-0.15, -0.1) is 24.0 Å². The zero-order valence-corrected chi connectivity index (χ0v) is 19.9. The number of rotatable bonds is 10. The molecule has 1 aromatic heterocycles. The SMILES string of the molecule is CCOc1cc(CCCNC(=NC)NCc2ccnc(OC)c2)ccc1OC.I. The molecule has 1 heterocycles. The molecule has 0 saturated carbocycles. The van der Waals surface area contributed by atoms with Crippen molar-refractivity contribution in [3.8, 4) is 17.4 Å². The van der Waals surface area contributed by atoms with Gasteiger partial charge in [0.1, 0.15) is 0 Å². The van der Waals surface area contributed by atoms with Crippen molar-refractivity contribution in [3.05, 3.63) is 47.7 Å². The third-order valence-electron chi connectivity index (χ3n) is 4.15. The van der Waals surface area contributed by atoms with E-state index in [-0.39, 0.29) is 24.0 Å². The number of hydrogen-bond donors (Lipinski definition) is 2. The number of aromatic nitrogens is 1. The highest BCUT2D eigenvalue weighted by molar-refractivity contribution is 14.0. The molecule has 2 aromatic rings. The van der Waals surface area contributed by atoms with E-state index in [1.54, 1.807) is 27.5 Å². The molecule has 29 heavy (non-hydrogen) atoms. The first-order valence-electron chi connectivity index (χ1n) is 9.43. The number of pyridine rings is 1.